The molecule has 0 bridgehead atoms. The first-order valence-corrected chi connectivity index (χ1v) is 67.4. The summed E-state index contributed by atoms with van der Waals surface area (Å²) in [5.74, 6) is 0. The van der Waals surface area contributed by atoms with Gasteiger partial charge in [0, 0.05) is 33.4 Å². The molecule has 0 heterocycles. The van der Waals surface area contributed by atoms with Crippen molar-refractivity contribution in [3.8, 4) is 33.4 Å². The van der Waals surface area contributed by atoms with Gasteiger partial charge in [-0.3, -0.25) is 0 Å². The fourth-order valence-corrected chi connectivity index (χ4v) is 37.2. The van der Waals surface area contributed by atoms with Crippen molar-refractivity contribution in [3.63, 3.8) is 0 Å². The van der Waals surface area contributed by atoms with Crippen molar-refractivity contribution >= 4 is 246 Å². The normalized spacial score (nSPS) is 11.2. The Morgan fingerprint density at radius 1 is 0.150 bits per heavy atom. The van der Waals surface area contributed by atoms with E-state index in [1.807, 2.05) is 0 Å². The Kier molecular flexibility index (Phi) is 36.9. The minimum Gasteiger partial charge on any atom is -0.0620 e. The Morgan fingerprint density at radius 2 is 0.238 bits per heavy atom. The average molecular weight is 2450 g/mol. The van der Waals surface area contributed by atoms with Gasteiger partial charge in [-0.2, -0.15) is 0 Å². The Morgan fingerprint density at radius 3 is 0.340 bits per heavy atom. The van der Waals surface area contributed by atoms with Crippen LogP contribution in [0, 0.1) is 0 Å². The summed E-state index contributed by atoms with van der Waals surface area (Å²) in [5, 5.41) is 40.9. The minimum atomic E-state index is -1.92. The van der Waals surface area contributed by atoms with Crippen LogP contribution in [0.5, 0.6) is 0 Å². The van der Waals surface area contributed by atoms with Gasteiger partial charge in [0.25, 0.3) is 0 Å². The second kappa shape index (κ2) is 52.4. The van der Waals surface area contributed by atoms with E-state index in [1.165, 1.54) is 193 Å². The molecule has 0 amide bonds. The van der Waals surface area contributed by atoms with Crippen molar-refractivity contribution in [2.45, 2.75) is 0 Å². The SMILES string of the molecule is [Cl][Pd][Cl].[Cl][Rh][Cl].[O]=[Pt]=[O].c1ccc([PH+](c2ccccc2)c2ccc3ccccc3c2-c2c([PH+](c3ccccc3)c3ccccc3)ccc3ccccc23)cc1.c1ccc([PH+](c2ccccc2)c2ccc3ccccc3c2-c2c([PH+](c3ccccc3)c3ccccc3)ccc3ccccc23)cc1.c1ccc([PH+](c2ccccc2)c2ccc3ccccc3c2-c2c([PH+](c3ccccc3)c3ccccc3)ccc3ccccc23)cc1. The zero-order valence-electron chi connectivity index (χ0n) is 79.7. The van der Waals surface area contributed by atoms with Gasteiger partial charge in [-0.05, 0) is 247 Å². The van der Waals surface area contributed by atoms with Gasteiger partial charge in [-0.1, -0.05) is 400 Å². The third-order valence-electron chi connectivity index (χ3n) is 26.7. The van der Waals surface area contributed by atoms with E-state index >= 15 is 0 Å². The molecule has 2 nitrogen and oxygen atoms in total. The van der Waals surface area contributed by atoms with E-state index in [2.05, 4.69) is 582 Å². The van der Waals surface area contributed by atoms with Gasteiger partial charge < -0.3 is 0 Å². The molecule has 24 rings (SSSR count). The Balaban J connectivity index is 0.000000133. The van der Waals surface area contributed by atoms with Gasteiger partial charge in [0.05, 0.1) is 47.5 Å². The van der Waals surface area contributed by atoms with Crippen LogP contribution >= 0.6 is 86.0 Å². The molecule has 0 aliphatic rings. The van der Waals surface area contributed by atoms with Crippen LogP contribution in [0.3, 0.4) is 0 Å². The summed E-state index contributed by atoms with van der Waals surface area (Å²) in [6, 6.07) is 217. The number of rotatable bonds is 21. The predicted octanol–water partition coefficient (Wildman–Crippen LogP) is 28.4. The third kappa shape index (κ3) is 24.0. The predicted molar refractivity (Wildman–Crippen MR) is 646 cm³/mol. The van der Waals surface area contributed by atoms with Crippen molar-refractivity contribution in [1.82, 2.24) is 0 Å². The molecule has 0 spiro atoms. The Bertz CT molecular complexity index is 7010. The van der Waals surface area contributed by atoms with Crippen LogP contribution in [-0.2, 0) is 56.4 Å². The first-order valence-electron chi connectivity index (χ1n) is 48.4. The molecule has 0 aliphatic heterocycles. The minimum absolute atomic E-state index is 0.106. The average Bonchev–Trinajstić information content (AvgIpc) is 0.737. The van der Waals surface area contributed by atoms with Crippen LogP contribution in [0.2, 0.25) is 0 Å². The van der Waals surface area contributed by atoms with Crippen molar-refractivity contribution in [2.24, 2.45) is 0 Å². The molecule has 0 radical (unpaired) electrons. The van der Waals surface area contributed by atoms with Gasteiger partial charge in [0.2, 0.25) is 0 Å². The van der Waals surface area contributed by atoms with Crippen molar-refractivity contribution < 1.29 is 56.4 Å². The number of hydrogen-bond donors (Lipinski definition) is 0. The van der Waals surface area contributed by atoms with Gasteiger partial charge in [-0.15, -0.1) is 0 Å². The first kappa shape index (κ1) is 104. The molecular weight excluding hydrogens is 2350 g/mol. The molecule has 24 aromatic carbocycles. The molecule has 0 saturated heterocycles. The first-order chi connectivity index (χ1) is 72.8. The Labute approximate surface area is 908 Å². The molecule has 0 saturated carbocycles. The standard InChI is InChI=1S/3C44H32P2.4ClH.2O.Pd.Pt.Rh/c3*1-5-19-35(20-6-1)45(36-21-7-2-8-22-36)41-31-29-33-17-13-15-27-39(33)43(41)44-40-28-16-14-18-34(40)30-32-42(44)46(37-23-9-3-10-24-37)38-25-11-4-12-26-38;;;;;;;;;/h3*1-32H;4*1H;;;;;/q;;;;;;;;;+2;;+2/p+2. The summed E-state index contributed by atoms with van der Waals surface area (Å²) in [6.45, 7) is 0. The molecule has 0 aliphatic carbocycles. The maximum Gasteiger partial charge on any atom is 0.111 e. The smallest absolute Gasteiger partial charge is 0.0620 e. The third-order valence-corrected chi connectivity index (χ3v) is 43.3. The van der Waals surface area contributed by atoms with Crippen LogP contribution in [-0.4, -0.2) is 0 Å². The fraction of sp³-hybridized carbons (Fsp3) is 0. The molecule has 0 aromatic heterocycles. The quantitative estimate of drug-likeness (QED) is 0.0531. The van der Waals surface area contributed by atoms with E-state index in [-0.39, 0.29) is 31.1 Å². The molecule has 0 unspecified atom stereocenters. The van der Waals surface area contributed by atoms with Gasteiger partial charge >= 0.3 is 94.8 Å². The zero-order valence-corrected chi connectivity index (χ0v) is 94.2. The molecular formula is C132H102Cl4O2P6PdPtRh+6. The molecule has 15 heteroatoms. The van der Waals surface area contributed by atoms with Gasteiger partial charge in [-0.25, -0.2) is 0 Å². The summed E-state index contributed by atoms with van der Waals surface area (Å²) >= 11 is -2.25. The van der Waals surface area contributed by atoms with Crippen LogP contribution < -0.4 is 95.5 Å². The molecule has 0 atom stereocenters. The van der Waals surface area contributed by atoms with Crippen molar-refractivity contribution in [3.05, 3.63) is 582 Å². The molecule has 147 heavy (non-hydrogen) atoms. The summed E-state index contributed by atoms with van der Waals surface area (Å²) < 4.78 is 17.0. The van der Waals surface area contributed by atoms with Crippen molar-refractivity contribution in [2.75, 3.05) is 0 Å². The van der Waals surface area contributed by atoms with Gasteiger partial charge in [0.1, 0.15) is 95.5 Å². The van der Waals surface area contributed by atoms with E-state index in [0.717, 1.165) is 0 Å². The summed E-state index contributed by atoms with van der Waals surface area (Å²) in [4.78, 5) is 0. The number of halogens is 4. The summed E-state index contributed by atoms with van der Waals surface area (Å²) in [6.07, 6.45) is 0. The largest absolute Gasteiger partial charge is 0.111 e. The second-order valence-electron chi connectivity index (χ2n) is 35.0. The number of benzene rings is 24. The van der Waals surface area contributed by atoms with Crippen LogP contribution in [0.4, 0.5) is 0 Å². The van der Waals surface area contributed by atoms with E-state index < -0.39 is 66.0 Å². The van der Waals surface area contributed by atoms with Crippen LogP contribution in [0.25, 0.3) is 98.0 Å². The van der Waals surface area contributed by atoms with E-state index in [1.54, 1.807) is 0 Å². The molecule has 24 aromatic rings. The zero-order chi connectivity index (χ0) is 100. The van der Waals surface area contributed by atoms with E-state index in [9.17, 15) is 0 Å². The number of hydrogen-bond acceptors (Lipinski definition) is 2. The fourth-order valence-electron chi connectivity index (χ4n) is 20.6. The van der Waals surface area contributed by atoms with Crippen LogP contribution in [0.15, 0.2) is 582 Å². The van der Waals surface area contributed by atoms with Crippen molar-refractivity contribution in [1.29, 1.82) is 0 Å². The maximum atomic E-state index is 8.49. The second-order valence-corrected chi connectivity index (χ2v) is 54.9. The Hall–Kier alpha value is -11.8. The topological polar surface area (TPSA) is 34.1 Å². The molecule has 0 fully saturated rings. The van der Waals surface area contributed by atoms with E-state index in [4.69, 9.17) is 45.2 Å². The monoisotopic (exact) mass is 2450 g/mol. The number of fused-ring (bicyclic) bond motifs is 6. The van der Waals surface area contributed by atoms with E-state index in [0.29, 0.717) is 0 Å². The summed E-state index contributed by atoms with van der Waals surface area (Å²) in [7, 11) is 11.1. The van der Waals surface area contributed by atoms with Crippen LogP contribution in [0.1, 0.15) is 0 Å². The molecule has 723 valence electrons. The maximum absolute atomic E-state index is 8.49. The summed E-state index contributed by atoms with van der Waals surface area (Å²) in [5.41, 5.74) is 8.25. The van der Waals surface area contributed by atoms with Gasteiger partial charge in [0.15, 0.2) is 0 Å². The molecule has 0 N–H and O–H groups in total.